The van der Waals surface area contributed by atoms with Crippen molar-refractivity contribution in [3.8, 4) is 5.75 Å². The number of rotatable bonds is 8. The number of H-pyrrole nitrogens is 1. The third kappa shape index (κ3) is 5.59. The maximum atomic E-state index is 12.4. The molecule has 1 saturated carbocycles. The van der Waals surface area contributed by atoms with E-state index in [2.05, 4.69) is 20.8 Å². The first kappa shape index (κ1) is 22.8. The Hall–Kier alpha value is -3.94. The van der Waals surface area contributed by atoms with E-state index in [0.29, 0.717) is 36.9 Å². The molecule has 2 aliphatic rings. The van der Waals surface area contributed by atoms with E-state index in [0.717, 1.165) is 22.4 Å². The summed E-state index contributed by atoms with van der Waals surface area (Å²) in [5.74, 6) is 0.983. The van der Waals surface area contributed by atoms with Crippen LogP contribution in [0.2, 0.25) is 0 Å². The molecule has 0 radical (unpaired) electrons. The Bertz CT molecular complexity index is 1210. The number of nitrogens with zero attached hydrogens (tertiary/aromatic N) is 1. The quantitative estimate of drug-likeness (QED) is 0.430. The molecule has 1 aromatic heterocycles. The lowest BCUT2D eigenvalue weighted by Gasteiger charge is -2.23. The van der Waals surface area contributed by atoms with Crippen LogP contribution in [0, 0.1) is 0 Å². The highest BCUT2D eigenvalue weighted by Crippen LogP contribution is 2.35. The summed E-state index contributed by atoms with van der Waals surface area (Å²) in [5.41, 5.74) is 3.86. The molecule has 3 aromatic rings. The molecule has 2 fully saturated rings. The van der Waals surface area contributed by atoms with Gasteiger partial charge in [0.25, 0.3) is 0 Å². The second-order valence-electron chi connectivity index (χ2n) is 9.24. The number of aromatic amines is 1. The lowest BCUT2D eigenvalue weighted by molar-refractivity contribution is -0.134. The van der Waals surface area contributed by atoms with Crippen molar-refractivity contribution < 1.29 is 19.1 Å². The van der Waals surface area contributed by atoms with Crippen LogP contribution in [0.1, 0.15) is 66.3 Å². The smallest absolute Gasteiger partial charge is 0.234 e. The Morgan fingerprint density at radius 1 is 1.00 bits per heavy atom. The van der Waals surface area contributed by atoms with Crippen molar-refractivity contribution in [2.75, 3.05) is 5.32 Å². The zero-order valence-corrected chi connectivity index (χ0v) is 19.4. The Morgan fingerprint density at radius 3 is 2.43 bits per heavy atom. The molecular weight excluding hydrogens is 444 g/mol. The molecule has 2 heterocycles. The van der Waals surface area contributed by atoms with E-state index in [1.54, 1.807) is 0 Å². The number of nitrogens with one attached hydrogen (secondary N) is 3. The monoisotopic (exact) mass is 472 g/mol. The number of hydrogen-bond acceptors (Lipinski definition) is 5. The fourth-order valence-electron chi connectivity index (χ4n) is 4.43. The van der Waals surface area contributed by atoms with Crippen molar-refractivity contribution in [1.29, 1.82) is 0 Å². The third-order valence-electron chi connectivity index (χ3n) is 6.72. The zero-order valence-electron chi connectivity index (χ0n) is 19.4. The predicted molar refractivity (Wildman–Crippen MR) is 130 cm³/mol. The van der Waals surface area contributed by atoms with Crippen molar-refractivity contribution >= 4 is 23.5 Å². The molecule has 35 heavy (non-hydrogen) atoms. The predicted octanol–water partition coefficient (Wildman–Crippen LogP) is 3.96. The summed E-state index contributed by atoms with van der Waals surface area (Å²) in [6, 6.07) is 17.1. The summed E-state index contributed by atoms with van der Waals surface area (Å²) in [4.78, 5) is 35.8. The zero-order chi connectivity index (χ0) is 24.2. The van der Waals surface area contributed by atoms with Gasteiger partial charge >= 0.3 is 0 Å². The number of hydrogen-bond donors (Lipinski definition) is 3. The standard InChI is InChI=1S/C27H28N4O4/c32-25-13-12-22(27(34)29-25)19-8-4-18(5-9-19)16-35-21-10-6-17(7-11-21)14-26(33)28-24-15-23(30-31-24)20-2-1-3-20/h4-11,15,20,22H,1-3,12-14,16H2,(H,29,32,34)(H2,28,30,31,33). The minimum absolute atomic E-state index is 0.110. The van der Waals surface area contributed by atoms with Crippen LogP contribution in [0.3, 0.4) is 0 Å². The van der Waals surface area contributed by atoms with Gasteiger partial charge in [0.1, 0.15) is 12.4 Å². The van der Waals surface area contributed by atoms with Crippen LogP contribution in [0.25, 0.3) is 0 Å². The number of anilines is 1. The van der Waals surface area contributed by atoms with Crippen molar-refractivity contribution in [2.24, 2.45) is 0 Å². The molecule has 180 valence electrons. The highest BCUT2D eigenvalue weighted by Gasteiger charge is 2.27. The number of piperidine rings is 1. The van der Waals surface area contributed by atoms with Crippen LogP contribution in [0.5, 0.6) is 5.75 Å². The molecule has 5 rings (SSSR count). The number of carbonyl (C=O) groups excluding carboxylic acids is 3. The lowest BCUT2D eigenvalue weighted by Crippen LogP contribution is -2.39. The molecule has 1 atom stereocenters. The first-order chi connectivity index (χ1) is 17.0. The van der Waals surface area contributed by atoms with Gasteiger partial charge in [-0.25, -0.2) is 0 Å². The van der Waals surface area contributed by atoms with Gasteiger partial charge in [0.2, 0.25) is 17.7 Å². The van der Waals surface area contributed by atoms with Gasteiger partial charge in [0.05, 0.1) is 12.3 Å². The third-order valence-corrected chi connectivity index (χ3v) is 6.72. The Balaban J connectivity index is 1.09. The minimum atomic E-state index is -0.287. The first-order valence-corrected chi connectivity index (χ1v) is 12.0. The van der Waals surface area contributed by atoms with Crippen molar-refractivity contribution in [1.82, 2.24) is 15.5 Å². The fraction of sp³-hybridized carbons (Fsp3) is 0.333. The molecule has 0 spiro atoms. The van der Waals surface area contributed by atoms with Crippen molar-refractivity contribution in [2.45, 2.75) is 57.0 Å². The molecule has 0 bridgehead atoms. The molecule has 8 heteroatoms. The maximum Gasteiger partial charge on any atom is 0.234 e. The molecular formula is C27H28N4O4. The minimum Gasteiger partial charge on any atom is -0.489 e. The van der Waals surface area contributed by atoms with Gasteiger partial charge in [0.15, 0.2) is 5.82 Å². The van der Waals surface area contributed by atoms with E-state index in [4.69, 9.17) is 4.74 Å². The van der Waals surface area contributed by atoms with E-state index in [-0.39, 0.29) is 30.1 Å². The topological polar surface area (TPSA) is 113 Å². The second-order valence-corrected chi connectivity index (χ2v) is 9.24. The summed E-state index contributed by atoms with van der Waals surface area (Å²) < 4.78 is 5.87. The van der Waals surface area contributed by atoms with Crippen LogP contribution in [0.15, 0.2) is 54.6 Å². The van der Waals surface area contributed by atoms with E-state index >= 15 is 0 Å². The molecule has 1 saturated heterocycles. The maximum absolute atomic E-state index is 12.4. The van der Waals surface area contributed by atoms with Crippen LogP contribution in [-0.4, -0.2) is 27.9 Å². The molecule has 3 amide bonds. The summed E-state index contributed by atoms with van der Waals surface area (Å²) in [6.45, 7) is 0.387. The van der Waals surface area contributed by atoms with Crippen LogP contribution in [0.4, 0.5) is 5.82 Å². The number of benzene rings is 2. The van der Waals surface area contributed by atoms with Crippen molar-refractivity contribution in [3.63, 3.8) is 0 Å². The Morgan fingerprint density at radius 2 is 1.74 bits per heavy atom. The van der Waals surface area contributed by atoms with Crippen LogP contribution in [-0.2, 0) is 27.4 Å². The van der Waals surface area contributed by atoms with E-state index in [1.165, 1.54) is 19.3 Å². The number of carbonyl (C=O) groups is 3. The largest absolute Gasteiger partial charge is 0.489 e. The SMILES string of the molecule is O=C1CCC(c2ccc(COc3ccc(CC(=O)Nc4cc(C5CCC5)[nH]n4)cc3)cc2)C(=O)N1. The average Bonchev–Trinajstić information content (AvgIpc) is 3.25. The number of ether oxygens (including phenoxy) is 1. The molecule has 1 unspecified atom stereocenters. The summed E-state index contributed by atoms with van der Waals surface area (Å²) in [7, 11) is 0. The first-order valence-electron chi connectivity index (χ1n) is 12.0. The molecule has 2 aromatic carbocycles. The van der Waals surface area contributed by atoms with Crippen molar-refractivity contribution in [3.05, 3.63) is 77.0 Å². The normalized spacial score (nSPS) is 18.0. The summed E-state index contributed by atoms with van der Waals surface area (Å²) in [6.07, 6.45) is 4.77. The van der Waals surface area contributed by atoms with Crippen LogP contribution < -0.4 is 15.4 Å². The Labute approximate surface area is 203 Å². The van der Waals surface area contributed by atoms with Gasteiger partial charge in [-0.3, -0.25) is 24.8 Å². The molecule has 1 aliphatic heterocycles. The number of aromatic nitrogens is 2. The lowest BCUT2D eigenvalue weighted by atomic mass is 9.83. The Kier molecular flexibility index (Phi) is 6.61. The van der Waals surface area contributed by atoms with Gasteiger partial charge in [-0.15, -0.1) is 0 Å². The van der Waals surface area contributed by atoms with E-state index in [1.807, 2.05) is 54.6 Å². The number of imide groups is 1. The van der Waals surface area contributed by atoms with Gasteiger partial charge < -0.3 is 10.1 Å². The van der Waals surface area contributed by atoms with E-state index in [9.17, 15) is 14.4 Å². The van der Waals surface area contributed by atoms with Gasteiger partial charge in [-0.2, -0.15) is 5.10 Å². The number of amides is 3. The molecule has 8 nitrogen and oxygen atoms in total. The van der Waals surface area contributed by atoms with Gasteiger partial charge in [-0.1, -0.05) is 42.8 Å². The molecule has 1 aliphatic carbocycles. The van der Waals surface area contributed by atoms with Gasteiger partial charge in [0, 0.05) is 24.1 Å². The summed E-state index contributed by atoms with van der Waals surface area (Å²) in [5, 5.41) is 12.5. The average molecular weight is 473 g/mol. The molecule has 3 N–H and O–H groups in total. The van der Waals surface area contributed by atoms with E-state index < -0.39 is 0 Å². The van der Waals surface area contributed by atoms with Crippen LogP contribution >= 0.6 is 0 Å². The fourth-order valence-corrected chi connectivity index (χ4v) is 4.43. The summed E-state index contributed by atoms with van der Waals surface area (Å²) >= 11 is 0. The highest BCUT2D eigenvalue weighted by molar-refractivity contribution is 6.00. The highest BCUT2D eigenvalue weighted by atomic mass is 16.5. The second kappa shape index (κ2) is 10.1. The van der Waals surface area contributed by atoms with Gasteiger partial charge in [-0.05, 0) is 48.1 Å².